The molecule has 2 aromatic carbocycles. The minimum atomic E-state index is -0.0261. The highest BCUT2D eigenvalue weighted by atomic mass is 16.2. The fraction of sp³-hybridized carbons (Fsp3) is 0.278. The van der Waals surface area contributed by atoms with Crippen molar-refractivity contribution in [3.05, 3.63) is 64.7 Å². The van der Waals surface area contributed by atoms with E-state index in [0.29, 0.717) is 5.69 Å². The molecule has 0 saturated heterocycles. The van der Waals surface area contributed by atoms with Gasteiger partial charge in [-0.15, -0.1) is 0 Å². The van der Waals surface area contributed by atoms with Gasteiger partial charge in [0, 0.05) is 18.3 Å². The number of carbonyl (C=O) groups excluding carboxylic acids is 1. The average molecular weight is 282 g/mol. The Morgan fingerprint density at radius 1 is 1.10 bits per heavy atom. The summed E-state index contributed by atoms with van der Waals surface area (Å²) in [7, 11) is 1.83. The Kier molecular flexibility index (Phi) is 4.32. The molecule has 3 nitrogen and oxygen atoms in total. The van der Waals surface area contributed by atoms with E-state index >= 15 is 0 Å². The highest BCUT2D eigenvalue weighted by Crippen LogP contribution is 2.23. The summed E-state index contributed by atoms with van der Waals surface area (Å²) < 4.78 is 0. The van der Waals surface area contributed by atoms with Gasteiger partial charge >= 0.3 is 0 Å². The normalized spacial score (nSPS) is 12.0. The van der Waals surface area contributed by atoms with Crippen LogP contribution in [0.2, 0.25) is 0 Å². The van der Waals surface area contributed by atoms with Crippen molar-refractivity contribution in [1.29, 1.82) is 0 Å². The molecule has 2 aromatic rings. The summed E-state index contributed by atoms with van der Waals surface area (Å²) in [6.45, 7) is 6.02. The first-order valence-corrected chi connectivity index (χ1v) is 7.09. The Hall–Kier alpha value is -2.29. The molecule has 0 aliphatic heterocycles. The molecule has 0 radical (unpaired) electrons. The predicted molar refractivity (Wildman–Crippen MR) is 87.3 cm³/mol. The number of nitrogen functional groups attached to an aromatic ring is 1. The highest BCUT2D eigenvalue weighted by Gasteiger charge is 2.19. The fourth-order valence-electron chi connectivity index (χ4n) is 2.52. The highest BCUT2D eigenvalue weighted by molar-refractivity contribution is 5.94. The van der Waals surface area contributed by atoms with Gasteiger partial charge in [-0.1, -0.05) is 29.3 Å². The van der Waals surface area contributed by atoms with Gasteiger partial charge in [0.05, 0.1) is 6.04 Å². The van der Waals surface area contributed by atoms with Gasteiger partial charge in [-0.05, 0) is 50.6 Å². The number of anilines is 1. The Morgan fingerprint density at radius 3 is 2.29 bits per heavy atom. The maximum atomic E-state index is 12.6. The SMILES string of the molecule is Cc1cc(C)cc(C(=O)N(C)C(C)c2cccc(N)c2)c1. The van der Waals surface area contributed by atoms with Gasteiger partial charge in [-0.3, -0.25) is 4.79 Å². The summed E-state index contributed by atoms with van der Waals surface area (Å²) in [4.78, 5) is 14.4. The number of amides is 1. The molecular formula is C18H22N2O. The molecule has 2 N–H and O–H groups in total. The maximum Gasteiger partial charge on any atom is 0.254 e. The van der Waals surface area contributed by atoms with E-state index in [1.165, 1.54) is 0 Å². The maximum absolute atomic E-state index is 12.6. The number of nitrogens with two attached hydrogens (primary N) is 1. The first kappa shape index (κ1) is 15.1. The molecular weight excluding hydrogens is 260 g/mol. The van der Waals surface area contributed by atoms with E-state index in [9.17, 15) is 4.79 Å². The Morgan fingerprint density at radius 2 is 1.71 bits per heavy atom. The van der Waals surface area contributed by atoms with E-state index in [0.717, 1.165) is 22.3 Å². The van der Waals surface area contributed by atoms with E-state index in [4.69, 9.17) is 5.73 Å². The van der Waals surface area contributed by atoms with Crippen molar-refractivity contribution in [3.8, 4) is 0 Å². The van der Waals surface area contributed by atoms with Crippen LogP contribution in [0.3, 0.4) is 0 Å². The molecule has 0 spiro atoms. The van der Waals surface area contributed by atoms with Crippen LogP contribution >= 0.6 is 0 Å². The standard InChI is InChI=1S/C18H22N2O/c1-12-8-13(2)10-16(9-12)18(21)20(4)14(3)15-6-5-7-17(19)11-15/h5-11,14H,19H2,1-4H3. The van der Waals surface area contributed by atoms with Crippen LogP contribution in [-0.2, 0) is 0 Å². The lowest BCUT2D eigenvalue weighted by Crippen LogP contribution is -2.29. The molecule has 0 saturated carbocycles. The number of rotatable bonds is 3. The summed E-state index contributed by atoms with van der Waals surface area (Å²) in [5.41, 5.74) is 10.5. The molecule has 0 aromatic heterocycles. The van der Waals surface area contributed by atoms with Crippen molar-refractivity contribution in [2.24, 2.45) is 0 Å². The first-order valence-electron chi connectivity index (χ1n) is 7.09. The molecule has 0 bridgehead atoms. The molecule has 3 heteroatoms. The van der Waals surface area contributed by atoms with E-state index in [2.05, 4.69) is 6.07 Å². The summed E-state index contributed by atoms with van der Waals surface area (Å²) in [5.74, 6) is 0.0247. The second kappa shape index (κ2) is 6.00. The van der Waals surface area contributed by atoms with Crippen LogP contribution in [0.1, 0.15) is 40.0 Å². The van der Waals surface area contributed by atoms with Gasteiger partial charge in [0.1, 0.15) is 0 Å². The van der Waals surface area contributed by atoms with Gasteiger partial charge < -0.3 is 10.6 Å². The van der Waals surface area contributed by atoms with Crippen LogP contribution in [0.25, 0.3) is 0 Å². The van der Waals surface area contributed by atoms with Crippen LogP contribution < -0.4 is 5.73 Å². The molecule has 0 fully saturated rings. The van der Waals surface area contributed by atoms with E-state index in [1.54, 1.807) is 4.90 Å². The third-order valence-electron chi connectivity index (χ3n) is 3.76. The average Bonchev–Trinajstić information content (AvgIpc) is 2.44. The van der Waals surface area contributed by atoms with Crippen molar-refractivity contribution in [2.45, 2.75) is 26.8 Å². The summed E-state index contributed by atoms with van der Waals surface area (Å²) in [6.07, 6.45) is 0. The van der Waals surface area contributed by atoms with Gasteiger partial charge in [0.2, 0.25) is 0 Å². The molecule has 110 valence electrons. The van der Waals surface area contributed by atoms with Gasteiger partial charge in [0.15, 0.2) is 0 Å². The van der Waals surface area contributed by atoms with Crippen LogP contribution in [0.5, 0.6) is 0 Å². The lowest BCUT2D eigenvalue weighted by molar-refractivity contribution is 0.0742. The van der Waals surface area contributed by atoms with Gasteiger partial charge in [-0.25, -0.2) is 0 Å². The number of carbonyl (C=O) groups is 1. The number of nitrogens with zero attached hydrogens (tertiary/aromatic N) is 1. The van der Waals surface area contributed by atoms with E-state index < -0.39 is 0 Å². The minimum absolute atomic E-state index is 0.0247. The first-order chi connectivity index (χ1) is 9.88. The van der Waals surface area contributed by atoms with E-state index in [1.807, 2.05) is 64.2 Å². The molecule has 1 amide bonds. The quantitative estimate of drug-likeness (QED) is 0.872. The second-order valence-electron chi connectivity index (χ2n) is 5.64. The Bertz CT molecular complexity index is 644. The number of benzene rings is 2. The lowest BCUT2D eigenvalue weighted by atomic mass is 10.0. The van der Waals surface area contributed by atoms with Crippen molar-refractivity contribution in [1.82, 2.24) is 4.90 Å². The zero-order chi connectivity index (χ0) is 15.6. The van der Waals surface area contributed by atoms with Crippen molar-refractivity contribution < 1.29 is 4.79 Å². The summed E-state index contributed by atoms with van der Waals surface area (Å²) >= 11 is 0. The zero-order valence-electron chi connectivity index (χ0n) is 13.1. The molecule has 2 rings (SSSR count). The van der Waals surface area contributed by atoms with Crippen molar-refractivity contribution >= 4 is 11.6 Å². The third-order valence-corrected chi connectivity index (χ3v) is 3.76. The second-order valence-corrected chi connectivity index (χ2v) is 5.64. The van der Waals surface area contributed by atoms with Crippen LogP contribution in [0, 0.1) is 13.8 Å². The molecule has 0 heterocycles. The topological polar surface area (TPSA) is 46.3 Å². The molecule has 1 atom stereocenters. The lowest BCUT2D eigenvalue weighted by Gasteiger charge is -2.26. The largest absolute Gasteiger partial charge is 0.399 e. The van der Waals surface area contributed by atoms with Gasteiger partial charge in [-0.2, -0.15) is 0 Å². The monoisotopic (exact) mass is 282 g/mol. The summed E-state index contributed by atoms with van der Waals surface area (Å²) in [5, 5.41) is 0. The van der Waals surface area contributed by atoms with Crippen LogP contribution in [0.15, 0.2) is 42.5 Å². The van der Waals surface area contributed by atoms with Crippen LogP contribution in [-0.4, -0.2) is 17.9 Å². The van der Waals surface area contributed by atoms with Crippen molar-refractivity contribution in [3.63, 3.8) is 0 Å². The number of hydrogen-bond acceptors (Lipinski definition) is 2. The van der Waals surface area contributed by atoms with Gasteiger partial charge in [0.25, 0.3) is 5.91 Å². The summed E-state index contributed by atoms with van der Waals surface area (Å²) in [6, 6.07) is 13.6. The van der Waals surface area contributed by atoms with Crippen LogP contribution in [0.4, 0.5) is 5.69 Å². The number of hydrogen-bond donors (Lipinski definition) is 1. The zero-order valence-corrected chi connectivity index (χ0v) is 13.1. The molecule has 1 unspecified atom stereocenters. The smallest absolute Gasteiger partial charge is 0.254 e. The Balaban J connectivity index is 2.26. The molecule has 0 aliphatic rings. The third kappa shape index (κ3) is 3.43. The number of aryl methyl sites for hydroxylation is 2. The molecule has 0 aliphatic carbocycles. The van der Waals surface area contributed by atoms with E-state index in [-0.39, 0.29) is 11.9 Å². The predicted octanol–water partition coefficient (Wildman–Crippen LogP) is 3.72. The molecule has 21 heavy (non-hydrogen) atoms. The minimum Gasteiger partial charge on any atom is -0.399 e. The Labute approximate surface area is 126 Å². The van der Waals surface area contributed by atoms with Crippen molar-refractivity contribution in [2.75, 3.05) is 12.8 Å². The fourth-order valence-corrected chi connectivity index (χ4v) is 2.52.